The summed E-state index contributed by atoms with van der Waals surface area (Å²) in [6.07, 6.45) is -3.44. The molecule has 6 nitrogen and oxygen atoms in total. The first-order chi connectivity index (χ1) is 17.1. The highest BCUT2D eigenvalue weighted by Gasteiger charge is 2.31. The highest BCUT2D eigenvalue weighted by Crippen LogP contribution is 2.35. The van der Waals surface area contributed by atoms with Crippen molar-refractivity contribution in [1.82, 2.24) is 9.66 Å². The molecule has 0 fully saturated rings. The molecule has 0 unspecified atom stereocenters. The van der Waals surface area contributed by atoms with Gasteiger partial charge in [0.2, 0.25) is 0 Å². The van der Waals surface area contributed by atoms with Crippen LogP contribution in [-0.2, 0) is 6.18 Å². The van der Waals surface area contributed by atoms with Crippen LogP contribution in [-0.4, -0.2) is 29.1 Å². The molecule has 4 rings (SSSR count). The Morgan fingerprint density at radius 1 is 1.08 bits per heavy atom. The van der Waals surface area contributed by atoms with Gasteiger partial charge in [-0.25, -0.2) is 4.98 Å². The molecule has 0 aliphatic carbocycles. The van der Waals surface area contributed by atoms with E-state index in [2.05, 4.69) is 10.1 Å². The molecule has 10 heteroatoms. The SMILES string of the molecule is COc1cc(Cl)cc(C=Nn2c(-c3cccc(C(F)(F)F)c3)nc3ccccc3c2=O)c1OC(C)C. The van der Waals surface area contributed by atoms with Gasteiger partial charge >= 0.3 is 6.18 Å². The molecule has 186 valence electrons. The molecule has 36 heavy (non-hydrogen) atoms. The number of halogens is 4. The van der Waals surface area contributed by atoms with E-state index in [-0.39, 0.29) is 22.9 Å². The van der Waals surface area contributed by atoms with E-state index < -0.39 is 17.3 Å². The Kier molecular flexibility index (Phi) is 7.03. The van der Waals surface area contributed by atoms with Crippen molar-refractivity contribution < 1.29 is 22.6 Å². The molecule has 0 spiro atoms. The third-order valence-corrected chi connectivity index (χ3v) is 5.35. The molecule has 0 bridgehead atoms. The van der Waals surface area contributed by atoms with Crippen molar-refractivity contribution in [2.24, 2.45) is 5.10 Å². The summed E-state index contributed by atoms with van der Waals surface area (Å²) in [5.74, 6) is 0.657. The van der Waals surface area contributed by atoms with E-state index >= 15 is 0 Å². The summed E-state index contributed by atoms with van der Waals surface area (Å²) < 4.78 is 52.4. The quantitative estimate of drug-likeness (QED) is 0.278. The van der Waals surface area contributed by atoms with Crippen molar-refractivity contribution in [2.75, 3.05) is 7.11 Å². The van der Waals surface area contributed by atoms with Crippen molar-refractivity contribution in [3.05, 3.63) is 87.2 Å². The molecule has 0 amide bonds. The number of hydrogen-bond acceptors (Lipinski definition) is 5. The van der Waals surface area contributed by atoms with Gasteiger partial charge in [0.1, 0.15) is 0 Å². The van der Waals surface area contributed by atoms with Gasteiger partial charge in [-0.15, -0.1) is 0 Å². The number of methoxy groups -OCH3 is 1. The minimum Gasteiger partial charge on any atom is -0.493 e. The monoisotopic (exact) mass is 515 g/mol. The fourth-order valence-corrected chi connectivity index (χ4v) is 3.79. The van der Waals surface area contributed by atoms with Gasteiger partial charge in [0.15, 0.2) is 17.3 Å². The van der Waals surface area contributed by atoms with Crippen LogP contribution in [0.1, 0.15) is 25.0 Å². The number of fused-ring (bicyclic) bond motifs is 1. The van der Waals surface area contributed by atoms with Gasteiger partial charge < -0.3 is 9.47 Å². The fourth-order valence-electron chi connectivity index (χ4n) is 3.57. The minimum atomic E-state index is -4.57. The number of hydrogen-bond donors (Lipinski definition) is 0. The molecule has 1 aromatic heterocycles. The topological polar surface area (TPSA) is 65.7 Å². The van der Waals surface area contributed by atoms with Crippen molar-refractivity contribution in [3.63, 3.8) is 0 Å². The van der Waals surface area contributed by atoms with Gasteiger partial charge in [-0.3, -0.25) is 4.79 Å². The Morgan fingerprint density at radius 2 is 1.83 bits per heavy atom. The summed E-state index contributed by atoms with van der Waals surface area (Å²) in [7, 11) is 1.46. The molecule has 3 aromatic carbocycles. The molecule has 0 aliphatic rings. The molecule has 0 atom stereocenters. The predicted octanol–water partition coefficient (Wildman–Crippen LogP) is 6.41. The molecular weight excluding hydrogens is 495 g/mol. The first-order valence-electron chi connectivity index (χ1n) is 10.9. The van der Waals surface area contributed by atoms with Crippen molar-refractivity contribution in [3.8, 4) is 22.9 Å². The van der Waals surface area contributed by atoms with Crippen LogP contribution in [0.2, 0.25) is 5.02 Å². The smallest absolute Gasteiger partial charge is 0.416 e. The second-order valence-corrected chi connectivity index (χ2v) is 8.52. The Hall–Kier alpha value is -3.85. The van der Waals surface area contributed by atoms with Crippen LogP contribution >= 0.6 is 11.6 Å². The van der Waals surface area contributed by atoms with E-state index in [1.165, 1.54) is 25.5 Å². The van der Waals surface area contributed by atoms with Crippen LogP contribution in [0, 0.1) is 0 Å². The Bertz CT molecular complexity index is 1510. The average Bonchev–Trinajstić information content (AvgIpc) is 2.84. The van der Waals surface area contributed by atoms with Crippen LogP contribution in [0.25, 0.3) is 22.3 Å². The van der Waals surface area contributed by atoms with E-state index in [1.54, 1.807) is 36.4 Å². The van der Waals surface area contributed by atoms with Gasteiger partial charge in [-0.2, -0.15) is 22.9 Å². The number of alkyl halides is 3. The molecule has 0 aliphatic heterocycles. The lowest BCUT2D eigenvalue weighted by atomic mass is 10.1. The Balaban J connectivity index is 1.95. The van der Waals surface area contributed by atoms with Crippen LogP contribution in [0.3, 0.4) is 0 Å². The van der Waals surface area contributed by atoms with Crippen molar-refractivity contribution in [1.29, 1.82) is 0 Å². The molecular formula is C26H21ClF3N3O3. The molecule has 0 saturated heterocycles. The predicted molar refractivity (Wildman–Crippen MR) is 133 cm³/mol. The second kappa shape index (κ2) is 10.0. The van der Waals surface area contributed by atoms with Crippen molar-refractivity contribution in [2.45, 2.75) is 26.1 Å². The fraction of sp³-hybridized carbons (Fsp3) is 0.192. The standard InChI is InChI=1S/C26H21ClF3N3O3/c1-15(2)36-23-17(12-19(27)13-22(23)35-3)14-31-33-24(16-7-6-8-18(11-16)26(28,29)30)32-21-10-5-4-9-20(21)25(33)34/h4-15H,1-3H3. The zero-order chi connectivity index (χ0) is 26.0. The van der Waals surface area contributed by atoms with E-state index in [0.717, 1.165) is 16.8 Å². The second-order valence-electron chi connectivity index (χ2n) is 8.09. The number of para-hydroxylation sites is 1. The lowest BCUT2D eigenvalue weighted by Gasteiger charge is -2.16. The molecule has 0 N–H and O–H groups in total. The first-order valence-corrected chi connectivity index (χ1v) is 11.2. The van der Waals surface area contributed by atoms with E-state index in [1.807, 2.05) is 13.8 Å². The summed E-state index contributed by atoms with van der Waals surface area (Å²) in [4.78, 5) is 17.8. The number of aromatic nitrogens is 2. The van der Waals surface area contributed by atoms with Crippen LogP contribution in [0.4, 0.5) is 13.2 Å². The summed E-state index contributed by atoms with van der Waals surface area (Å²) >= 11 is 6.23. The maximum Gasteiger partial charge on any atom is 0.416 e. The van der Waals surface area contributed by atoms with E-state index in [9.17, 15) is 18.0 Å². The molecule has 1 heterocycles. The lowest BCUT2D eigenvalue weighted by molar-refractivity contribution is -0.137. The summed E-state index contributed by atoms with van der Waals surface area (Å²) in [6, 6.07) is 14.3. The van der Waals surface area contributed by atoms with E-state index in [0.29, 0.717) is 27.6 Å². The van der Waals surface area contributed by atoms with Crippen LogP contribution in [0.5, 0.6) is 11.5 Å². The van der Waals surface area contributed by atoms with Crippen LogP contribution in [0.15, 0.2) is 70.6 Å². The van der Waals surface area contributed by atoms with Crippen LogP contribution < -0.4 is 15.0 Å². The number of benzene rings is 3. The normalized spacial score (nSPS) is 12.0. The van der Waals surface area contributed by atoms with Gasteiger partial charge in [-0.05, 0) is 44.2 Å². The van der Waals surface area contributed by atoms with Gasteiger partial charge in [-0.1, -0.05) is 35.9 Å². The van der Waals surface area contributed by atoms with E-state index in [4.69, 9.17) is 21.1 Å². The Labute approximate surface area is 209 Å². The zero-order valence-corrected chi connectivity index (χ0v) is 20.3. The summed E-state index contributed by atoms with van der Waals surface area (Å²) in [5.41, 5.74) is -0.611. The number of ether oxygens (including phenoxy) is 2. The summed E-state index contributed by atoms with van der Waals surface area (Å²) in [5, 5.41) is 4.92. The molecule has 4 aromatic rings. The molecule has 0 saturated carbocycles. The average molecular weight is 516 g/mol. The maximum atomic E-state index is 13.4. The number of rotatable bonds is 6. The van der Waals surface area contributed by atoms with Gasteiger partial charge in [0.05, 0.1) is 35.9 Å². The van der Waals surface area contributed by atoms with Gasteiger partial charge in [0.25, 0.3) is 5.56 Å². The highest BCUT2D eigenvalue weighted by atomic mass is 35.5. The largest absolute Gasteiger partial charge is 0.493 e. The third kappa shape index (κ3) is 5.21. The summed E-state index contributed by atoms with van der Waals surface area (Å²) in [6.45, 7) is 3.66. The zero-order valence-electron chi connectivity index (χ0n) is 19.5. The molecule has 0 radical (unpaired) electrons. The highest BCUT2D eigenvalue weighted by molar-refractivity contribution is 6.31. The first kappa shape index (κ1) is 25.2. The van der Waals surface area contributed by atoms with Crippen molar-refractivity contribution >= 4 is 28.7 Å². The van der Waals surface area contributed by atoms with Gasteiger partial charge in [0, 0.05) is 22.2 Å². The number of nitrogens with zero attached hydrogens (tertiary/aromatic N) is 3. The third-order valence-electron chi connectivity index (χ3n) is 5.14. The lowest BCUT2D eigenvalue weighted by Crippen LogP contribution is -2.20. The maximum absolute atomic E-state index is 13.4. The minimum absolute atomic E-state index is 0.0543. The Morgan fingerprint density at radius 3 is 2.53 bits per heavy atom.